The van der Waals surface area contributed by atoms with Gasteiger partial charge in [-0.05, 0) is 49.7 Å². The van der Waals surface area contributed by atoms with Crippen LogP contribution in [-0.2, 0) is 17.9 Å². The third-order valence-corrected chi connectivity index (χ3v) is 4.52. The first-order valence-electron chi connectivity index (χ1n) is 8.99. The SMILES string of the molecule is COc1cccn(CC(=O)N(C)Cc2cccc(-n3nc(C)cc3C)c2)c1=O. The quantitative estimate of drug-likeness (QED) is 0.658. The van der Waals surface area contributed by atoms with Gasteiger partial charge in [0.05, 0.1) is 18.5 Å². The topological polar surface area (TPSA) is 69.4 Å². The van der Waals surface area contributed by atoms with Crippen LogP contribution in [0.25, 0.3) is 5.69 Å². The summed E-state index contributed by atoms with van der Waals surface area (Å²) in [4.78, 5) is 26.4. The molecule has 2 heterocycles. The number of benzene rings is 1. The normalized spacial score (nSPS) is 10.7. The highest BCUT2D eigenvalue weighted by atomic mass is 16.5. The number of rotatable bonds is 6. The highest BCUT2D eigenvalue weighted by Gasteiger charge is 2.13. The van der Waals surface area contributed by atoms with Gasteiger partial charge in [0.15, 0.2) is 5.75 Å². The molecule has 7 nitrogen and oxygen atoms in total. The van der Waals surface area contributed by atoms with Gasteiger partial charge < -0.3 is 14.2 Å². The molecular formula is C21H24N4O3. The lowest BCUT2D eigenvalue weighted by molar-refractivity contribution is -0.131. The summed E-state index contributed by atoms with van der Waals surface area (Å²) >= 11 is 0. The van der Waals surface area contributed by atoms with Gasteiger partial charge in [-0.3, -0.25) is 9.59 Å². The van der Waals surface area contributed by atoms with Gasteiger partial charge in [-0.2, -0.15) is 5.10 Å². The molecular weight excluding hydrogens is 356 g/mol. The van der Waals surface area contributed by atoms with Crippen molar-refractivity contribution >= 4 is 5.91 Å². The fourth-order valence-electron chi connectivity index (χ4n) is 3.10. The maximum atomic E-state index is 12.6. The average molecular weight is 380 g/mol. The summed E-state index contributed by atoms with van der Waals surface area (Å²) in [5, 5.41) is 4.50. The predicted octanol–water partition coefficient (Wildman–Crippen LogP) is 2.32. The summed E-state index contributed by atoms with van der Waals surface area (Å²) in [5.74, 6) is 0.0578. The van der Waals surface area contributed by atoms with E-state index < -0.39 is 0 Å². The molecule has 0 spiro atoms. The fourth-order valence-corrected chi connectivity index (χ4v) is 3.10. The largest absolute Gasteiger partial charge is 0.491 e. The molecule has 0 aliphatic carbocycles. The van der Waals surface area contributed by atoms with Crippen LogP contribution in [0.1, 0.15) is 17.0 Å². The number of amides is 1. The Morgan fingerprint density at radius 1 is 1.18 bits per heavy atom. The van der Waals surface area contributed by atoms with Crippen LogP contribution < -0.4 is 10.3 Å². The van der Waals surface area contributed by atoms with E-state index in [1.807, 2.05) is 48.9 Å². The van der Waals surface area contributed by atoms with E-state index in [0.29, 0.717) is 6.54 Å². The highest BCUT2D eigenvalue weighted by molar-refractivity contribution is 5.75. The zero-order chi connectivity index (χ0) is 20.3. The molecule has 0 saturated carbocycles. The highest BCUT2D eigenvalue weighted by Crippen LogP contribution is 2.15. The predicted molar refractivity (Wildman–Crippen MR) is 107 cm³/mol. The third-order valence-electron chi connectivity index (χ3n) is 4.52. The minimum Gasteiger partial charge on any atom is -0.491 e. The molecule has 1 amide bonds. The fraction of sp³-hybridized carbons (Fsp3) is 0.286. The summed E-state index contributed by atoms with van der Waals surface area (Å²) in [7, 11) is 3.16. The summed E-state index contributed by atoms with van der Waals surface area (Å²) in [6.45, 7) is 4.36. The minimum atomic E-state index is -0.321. The summed E-state index contributed by atoms with van der Waals surface area (Å²) in [6, 6.07) is 13.2. The van der Waals surface area contributed by atoms with E-state index in [9.17, 15) is 9.59 Å². The van der Waals surface area contributed by atoms with Crippen LogP contribution in [0, 0.1) is 13.8 Å². The van der Waals surface area contributed by atoms with Crippen LogP contribution in [-0.4, -0.2) is 39.3 Å². The second-order valence-corrected chi connectivity index (χ2v) is 6.77. The molecule has 0 aliphatic heterocycles. The van der Waals surface area contributed by atoms with E-state index in [4.69, 9.17) is 4.74 Å². The second kappa shape index (κ2) is 8.12. The van der Waals surface area contributed by atoms with Crippen LogP contribution in [0.3, 0.4) is 0 Å². The standard InChI is InChI=1S/C21H24N4O3/c1-15-11-16(2)25(22-15)18-8-5-7-17(12-18)13-23(3)20(26)14-24-10-6-9-19(28-4)21(24)27/h5-12H,13-14H2,1-4H3. The van der Waals surface area contributed by atoms with Gasteiger partial charge in [-0.25, -0.2) is 4.68 Å². The molecule has 0 unspecified atom stereocenters. The van der Waals surface area contributed by atoms with Gasteiger partial charge in [-0.15, -0.1) is 0 Å². The van der Waals surface area contributed by atoms with Crippen LogP contribution in [0.5, 0.6) is 5.75 Å². The molecule has 0 atom stereocenters. The van der Waals surface area contributed by atoms with Crippen LogP contribution in [0.4, 0.5) is 0 Å². The van der Waals surface area contributed by atoms with Crippen molar-refractivity contribution in [2.75, 3.05) is 14.2 Å². The Morgan fingerprint density at radius 3 is 2.64 bits per heavy atom. The van der Waals surface area contributed by atoms with Gasteiger partial charge in [0.1, 0.15) is 6.54 Å². The first-order chi connectivity index (χ1) is 13.4. The molecule has 146 valence electrons. The van der Waals surface area contributed by atoms with E-state index in [0.717, 1.165) is 22.6 Å². The zero-order valence-corrected chi connectivity index (χ0v) is 16.5. The number of pyridine rings is 1. The Morgan fingerprint density at radius 2 is 1.96 bits per heavy atom. The Hall–Kier alpha value is -3.35. The molecule has 1 aromatic carbocycles. The Kier molecular flexibility index (Phi) is 5.63. The Bertz CT molecular complexity index is 1050. The van der Waals surface area contributed by atoms with Gasteiger partial charge in [0, 0.05) is 25.5 Å². The van der Waals surface area contributed by atoms with Gasteiger partial charge in [0.2, 0.25) is 5.91 Å². The maximum Gasteiger partial charge on any atom is 0.293 e. The van der Waals surface area contributed by atoms with Crippen molar-refractivity contribution in [2.45, 2.75) is 26.9 Å². The van der Waals surface area contributed by atoms with E-state index in [2.05, 4.69) is 5.10 Å². The number of aryl methyl sites for hydroxylation is 2. The van der Waals surface area contributed by atoms with Crippen molar-refractivity contribution in [3.8, 4) is 11.4 Å². The number of carbonyl (C=O) groups excluding carboxylic acids is 1. The molecule has 3 rings (SSSR count). The molecule has 0 bridgehead atoms. The summed E-state index contributed by atoms with van der Waals surface area (Å²) in [6.07, 6.45) is 1.58. The lowest BCUT2D eigenvalue weighted by Gasteiger charge is -2.19. The van der Waals surface area contributed by atoms with Gasteiger partial charge in [-0.1, -0.05) is 12.1 Å². The molecule has 0 aliphatic rings. The minimum absolute atomic E-state index is 0.0380. The molecule has 3 aromatic rings. The van der Waals surface area contributed by atoms with Crippen LogP contribution >= 0.6 is 0 Å². The number of nitrogens with zero attached hydrogens (tertiary/aromatic N) is 4. The summed E-state index contributed by atoms with van der Waals surface area (Å²) in [5.41, 5.74) is 3.63. The lowest BCUT2D eigenvalue weighted by Crippen LogP contribution is -2.33. The third kappa shape index (κ3) is 4.14. The van der Waals surface area contributed by atoms with Crippen molar-refractivity contribution < 1.29 is 9.53 Å². The van der Waals surface area contributed by atoms with Gasteiger partial charge in [0.25, 0.3) is 5.56 Å². The Balaban J connectivity index is 1.73. The smallest absolute Gasteiger partial charge is 0.293 e. The zero-order valence-electron chi connectivity index (χ0n) is 16.5. The number of hydrogen-bond acceptors (Lipinski definition) is 4. The number of likely N-dealkylation sites (N-methyl/N-ethyl adjacent to an activating group) is 1. The molecule has 0 N–H and O–H groups in total. The molecule has 0 radical (unpaired) electrons. The van der Waals surface area contributed by atoms with Crippen molar-refractivity contribution in [3.05, 3.63) is 76.0 Å². The van der Waals surface area contributed by atoms with Crippen molar-refractivity contribution in [3.63, 3.8) is 0 Å². The number of ether oxygens (including phenoxy) is 1. The Labute approximate surface area is 163 Å². The second-order valence-electron chi connectivity index (χ2n) is 6.77. The van der Waals surface area contributed by atoms with Crippen molar-refractivity contribution in [2.24, 2.45) is 0 Å². The number of methoxy groups -OCH3 is 1. The molecule has 2 aromatic heterocycles. The van der Waals surface area contributed by atoms with E-state index >= 15 is 0 Å². The van der Waals surface area contributed by atoms with Crippen molar-refractivity contribution in [1.82, 2.24) is 19.2 Å². The summed E-state index contributed by atoms with van der Waals surface area (Å²) < 4.78 is 8.26. The van der Waals surface area contributed by atoms with E-state index in [1.54, 1.807) is 30.3 Å². The van der Waals surface area contributed by atoms with E-state index in [1.165, 1.54) is 11.7 Å². The number of carbonyl (C=O) groups is 1. The van der Waals surface area contributed by atoms with Gasteiger partial charge >= 0.3 is 0 Å². The van der Waals surface area contributed by atoms with Crippen molar-refractivity contribution in [1.29, 1.82) is 0 Å². The van der Waals surface area contributed by atoms with Crippen LogP contribution in [0.15, 0.2) is 53.5 Å². The molecule has 7 heteroatoms. The average Bonchev–Trinajstić information content (AvgIpc) is 3.01. The molecule has 28 heavy (non-hydrogen) atoms. The van der Waals surface area contributed by atoms with Crippen LogP contribution in [0.2, 0.25) is 0 Å². The monoisotopic (exact) mass is 380 g/mol. The maximum absolute atomic E-state index is 12.6. The molecule has 0 fully saturated rings. The number of aromatic nitrogens is 3. The lowest BCUT2D eigenvalue weighted by atomic mass is 10.2. The number of hydrogen-bond donors (Lipinski definition) is 0. The first kappa shape index (κ1) is 19.4. The van der Waals surface area contributed by atoms with E-state index in [-0.39, 0.29) is 23.8 Å². The molecule has 0 saturated heterocycles. The first-order valence-corrected chi connectivity index (χ1v) is 8.99.